The van der Waals surface area contributed by atoms with Crippen molar-refractivity contribution in [1.82, 2.24) is 4.90 Å². The number of aliphatic imine (C=N–C) groups is 1. The summed E-state index contributed by atoms with van der Waals surface area (Å²) in [6, 6.07) is 0.0197. The molecule has 0 aromatic carbocycles. The molecule has 4 nitrogen and oxygen atoms in total. The number of allylic oxidation sites excluding steroid dienone is 7. The van der Waals surface area contributed by atoms with E-state index in [2.05, 4.69) is 50.8 Å². The summed E-state index contributed by atoms with van der Waals surface area (Å²) in [5.41, 5.74) is 2.16. The Labute approximate surface area is 211 Å². The summed E-state index contributed by atoms with van der Waals surface area (Å²) in [7, 11) is 0. The van der Waals surface area contributed by atoms with E-state index in [1.54, 1.807) is 0 Å². The highest BCUT2D eigenvalue weighted by Crippen LogP contribution is 2.52. The van der Waals surface area contributed by atoms with Crippen LogP contribution in [0.4, 0.5) is 0 Å². The van der Waals surface area contributed by atoms with E-state index in [1.807, 2.05) is 19.1 Å². The number of ether oxygens (including phenoxy) is 1. The maximum atomic E-state index is 12.9. The molecule has 2 aliphatic heterocycles. The molecular formula is C26H32Cl2N2O2S. The van der Waals surface area contributed by atoms with E-state index in [9.17, 15) is 4.79 Å². The predicted molar refractivity (Wildman–Crippen MR) is 139 cm³/mol. The fourth-order valence-corrected chi connectivity index (χ4v) is 6.61. The number of carbonyl (C=O) groups excluding carboxylic acids is 1. The maximum absolute atomic E-state index is 12.9. The predicted octanol–water partition coefficient (Wildman–Crippen LogP) is 7.14. The van der Waals surface area contributed by atoms with Gasteiger partial charge in [-0.15, -0.1) is 0 Å². The van der Waals surface area contributed by atoms with Gasteiger partial charge >= 0.3 is 5.97 Å². The zero-order chi connectivity index (χ0) is 23.9. The third-order valence-corrected chi connectivity index (χ3v) is 8.40. The number of amidine groups is 1. The van der Waals surface area contributed by atoms with Gasteiger partial charge in [0.2, 0.25) is 0 Å². The van der Waals surface area contributed by atoms with Crippen molar-refractivity contribution in [2.45, 2.75) is 66.0 Å². The van der Waals surface area contributed by atoms with E-state index in [0.29, 0.717) is 17.4 Å². The second kappa shape index (κ2) is 9.67. The molecule has 0 bridgehead atoms. The van der Waals surface area contributed by atoms with Crippen LogP contribution in [-0.4, -0.2) is 34.7 Å². The molecule has 0 radical (unpaired) electrons. The van der Waals surface area contributed by atoms with Crippen LogP contribution in [0.3, 0.4) is 0 Å². The SMILES string of the molecule is CCOC(=O)C1=C(CC(C)C)N2C(=NC(C3(C)C=CC(Cl)=CC3)C2C2=CC=C(Cl)CC2C)S1. The fourth-order valence-electron chi connectivity index (χ4n) is 5.07. The van der Waals surface area contributed by atoms with Crippen LogP contribution in [0.15, 0.2) is 61.6 Å². The first-order chi connectivity index (χ1) is 15.6. The normalized spacial score (nSPS) is 31.4. The molecule has 4 rings (SSSR count). The molecule has 2 heterocycles. The van der Waals surface area contributed by atoms with Gasteiger partial charge < -0.3 is 9.64 Å². The first-order valence-electron chi connectivity index (χ1n) is 11.7. The highest BCUT2D eigenvalue weighted by Gasteiger charge is 2.52. The summed E-state index contributed by atoms with van der Waals surface area (Å²) in [4.78, 5) is 21.2. The summed E-state index contributed by atoms with van der Waals surface area (Å²) in [6.45, 7) is 11.1. The quantitative estimate of drug-likeness (QED) is 0.359. The van der Waals surface area contributed by atoms with Crippen LogP contribution >= 0.6 is 35.0 Å². The molecule has 4 atom stereocenters. The Kier molecular flexibility index (Phi) is 7.24. The minimum atomic E-state index is -0.252. The number of carbonyl (C=O) groups is 1. The Morgan fingerprint density at radius 2 is 2.12 bits per heavy atom. The van der Waals surface area contributed by atoms with Gasteiger partial charge in [0, 0.05) is 21.2 Å². The number of fused-ring (bicyclic) bond motifs is 1. The molecule has 0 N–H and O–H groups in total. The largest absolute Gasteiger partial charge is 0.462 e. The van der Waals surface area contributed by atoms with Crippen molar-refractivity contribution in [3.05, 3.63) is 56.6 Å². The first-order valence-corrected chi connectivity index (χ1v) is 13.3. The van der Waals surface area contributed by atoms with Crippen LogP contribution < -0.4 is 0 Å². The summed E-state index contributed by atoms with van der Waals surface area (Å²) >= 11 is 14.1. The average molecular weight is 508 g/mol. The monoisotopic (exact) mass is 506 g/mol. The second-order valence-electron chi connectivity index (χ2n) is 9.89. The summed E-state index contributed by atoms with van der Waals surface area (Å²) in [5.74, 6) is 0.428. The number of nitrogens with zero attached hydrogens (tertiary/aromatic N) is 2. The van der Waals surface area contributed by atoms with E-state index in [4.69, 9.17) is 32.9 Å². The second-order valence-corrected chi connectivity index (χ2v) is 11.8. The molecule has 7 heteroatoms. The number of rotatable bonds is 6. The first kappa shape index (κ1) is 24.7. The molecule has 4 unspecified atom stereocenters. The Morgan fingerprint density at radius 3 is 2.73 bits per heavy atom. The standard InChI is InChI=1S/C26H32Cl2N2O2S/c1-6-32-24(31)22-20(13-15(2)3)30-21(19-8-7-18(28)14-16(19)4)23(29-25(30)33-22)26(5)11-9-17(27)10-12-26/h7-11,15-16,21,23H,6,12-14H2,1-5H3. The van der Waals surface area contributed by atoms with E-state index < -0.39 is 0 Å². The zero-order valence-corrected chi connectivity index (χ0v) is 22.2. The van der Waals surface area contributed by atoms with Crippen LogP contribution in [0.25, 0.3) is 0 Å². The van der Waals surface area contributed by atoms with Crippen molar-refractivity contribution in [2.24, 2.45) is 22.2 Å². The molecule has 0 amide bonds. The average Bonchev–Trinajstić information content (AvgIpc) is 3.28. The molecule has 33 heavy (non-hydrogen) atoms. The van der Waals surface area contributed by atoms with Crippen LogP contribution in [-0.2, 0) is 9.53 Å². The Morgan fingerprint density at radius 1 is 1.36 bits per heavy atom. The lowest BCUT2D eigenvalue weighted by atomic mass is 9.70. The van der Waals surface area contributed by atoms with Gasteiger partial charge in [-0.1, -0.05) is 69.1 Å². The Bertz CT molecular complexity index is 1020. The number of hydrogen-bond donors (Lipinski definition) is 0. The van der Waals surface area contributed by atoms with Gasteiger partial charge in [-0.25, -0.2) is 4.79 Å². The van der Waals surface area contributed by atoms with Crippen LogP contribution in [0.5, 0.6) is 0 Å². The highest BCUT2D eigenvalue weighted by atomic mass is 35.5. The van der Waals surface area contributed by atoms with Gasteiger partial charge in [0.15, 0.2) is 5.17 Å². The summed E-state index contributed by atoms with van der Waals surface area (Å²) in [5, 5.41) is 2.55. The number of halogens is 2. The van der Waals surface area contributed by atoms with Crippen molar-refractivity contribution in [3.8, 4) is 0 Å². The van der Waals surface area contributed by atoms with Crippen molar-refractivity contribution in [1.29, 1.82) is 0 Å². The Hall–Kier alpha value is -1.43. The van der Waals surface area contributed by atoms with Gasteiger partial charge in [-0.3, -0.25) is 4.99 Å². The van der Waals surface area contributed by atoms with Crippen LogP contribution in [0, 0.1) is 17.3 Å². The maximum Gasteiger partial charge on any atom is 0.346 e. The van der Waals surface area contributed by atoms with E-state index in [0.717, 1.165) is 40.2 Å². The lowest BCUT2D eigenvalue weighted by Gasteiger charge is -2.41. The minimum Gasteiger partial charge on any atom is -0.462 e. The van der Waals surface area contributed by atoms with Crippen LogP contribution in [0.1, 0.15) is 53.9 Å². The van der Waals surface area contributed by atoms with Gasteiger partial charge in [0.05, 0.1) is 18.7 Å². The topological polar surface area (TPSA) is 41.9 Å². The van der Waals surface area contributed by atoms with Gasteiger partial charge in [-0.2, -0.15) is 0 Å². The molecule has 2 aliphatic carbocycles. The fraction of sp³-hybridized carbons (Fsp3) is 0.538. The molecule has 0 saturated heterocycles. The van der Waals surface area contributed by atoms with Crippen molar-refractivity contribution in [2.75, 3.05) is 6.61 Å². The van der Waals surface area contributed by atoms with Crippen molar-refractivity contribution < 1.29 is 9.53 Å². The molecule has 178 valence electrons. The molecule has 0 aromatic heterocycles. The number of thioether (sulfide) groups is 1. The molecular weight excluding hydrogens is 475 g/mol. The lowest BCUT2D eigenvalue weighted by Crippen LogP contribution is -2.46. The zero-order valence-electron chi connectivity index (χ0n) is 19.9. The van der Waals surface area contributed by atoms with Crippen molar-refractivity contribution in [3.63, 3.8) is 0 Å². The molecule has 0 spiro atoms. The van der Waals surface area contributed by atoms with Gasteiger partial charge in [-0.05, 0) is 67.5 Å². The summed E-state index contributed by atoms with van der Waals surface area (Å²) < 4.78 is 5.42. The van der Waals surface area contributed by atoms with E-state index >= 15 is 0 Å². The van der Waals surface area contributed by atoms with E-state index in [1.165, 1.54) is 17.3 Å². The molecule has 0 saturated carbocycles. The van der Waals surface area contributed by atoms with E-state index in [-0.39, 0.29) is 29.4 Å². The van der Waals surface area contributed by atoms with Gasteiger partial charge in [0.25, 0.3) is 0 Å². The minimum absolute atomic E-state index is 0.00199. The summed E-state index contributed by atoms with van der Waals surface area (Å²) in [6.07, 6.45) is 12.9. The van der Waals surface area contributed by atoms with Crippen molar-refractivity contribution >= 4 is 46.1 Å². The van der Waals surface area contributed by atoms with Gasteiger partial charge in [0.1, 0.15) is 4.91 Å². The lowest BCUT2D eigenvalue weighted by molar-refractivity contribution is -0.137. The molecule has 4 aliphatic rings. The Balaban J connectivity index is 1.82. The molecule has 0 fully saturated rings. The number of hydrogen-bond acceptors (Lipinski definition) is 5. The number of esters is 1. The highest BCUT2D eigenvalue weighted by molar-refractivity contribution is 8.18. The molecule has 0 aromatic rings. The smallest absolute Gasteiger partial charge is 0.346 e. The third-order valence-electron chi connectivity index (χ3n) is 6.75. The van der Waals surface area contributed by atoms with Crippen LogP contribution in [0.2, 0.25) is 0 Å². The third kappa shape index (κ3) is 4.74.